The van der Waals surface area contributed by atoms with Crippen molar-refractivity contribution in [1.29, 1.82) is 0 Å². The first-order chi connectivity index (χ1) is 14.0. The number of aromatic nitrogens is 4. The Labute approximate surface area is 170 Å². The maximum absolute atomic E-state index is 14.5. The number of carbonyl (C=O) groups is 1. The van der Waals surface area contributed by atoms with Gasteiger partial charge in [0.05, 0.1) is 17.6 Å². The van der Waals surface area contributed by atoms with E-state index in [2.05, 4.69) is 46.7 Å². The zero-order chi connectivity index (χ0) is 20.4. The number of aromatic amines is 2. The van der Waals surface area contributed by atoms with Crippen LogP contribution in [0, 0.1) is 11.6 Å². The molecule has 4 N–H and O–H groups in total. The van der Waals surface area contributed by atoms with Crippen molar-refractivity contribution in [2.24, 2.45) is 0 Å². The van der Waals surface area contributed by atoms with Crippen molar-refractivity contribution in [2.45, 2.75) is 6.54 Å². The van der Waals surface area contributed by atoms with Crippen molar-refractivity contribution in [3.05, 3.63) is 64.7 Å². The molecule has 3 aromatic heterocycles. The van der Waals surface area contributed by atoms with E-state index >= 15 is 0 Å². The molecule has 0 fully saturated rings. The maximum Gasteiger partial charge on any atom is 0.319 e. The third kappa shape index (κ3) is 4.04. The standard InChI is InChI=1S/C18H13BrF2N6O2/c19-11-8-23-17-15(11)14(2-3-22-17)29-16-12(20)5-10(6-13(16)21)26-18(28)24-7-9-1-4-25-27-9/h1-6,8H,7H2,(H,22,23)(H,25,27)(H2,24,26,28). The Morgan fingerprint density at radius 1 is 1.21 bits per heavy atom. The Bertz CT molecular complexity index is 1160. The summed E-state index contributed by atoms with van der Waals surface area (Å²) >= 11 is 3.34. The summed E-state index contributed by atoms with van der Waals surface area (Å²) in [6, 6.07) is 4.50. The minimum atomic E-state index is -0.967. The highest BCUT2D eigenvalue weighted by Gasteiger charge is 2.17. The van der Waals surface area contributed by atoms with Crippen LogP contribution in [0.5, 0.6) is 11.5 Å². The molecule has 29 heavy (non-hydrogen) atoms. The third-order valence-electron chi connectivity index (χ3n) is 3.95. The largest absolute Gasteiger partial charge is 0.450 e. The number of anilines is 1. The molecule has 3 heterocycles. The van der Waals surface area contributed by atoms with Gasteiger partial charge >= 0.3 is 6.03 Å². The summed E-state index contributed by atoms with van der Waals surface area (Å²) < 4.78 is 35.1. The van der Waals surface area contributed by atoms with Gasteiger partial charge in [0, 0.05) is 40.9 Å². The van der Waals surface area contributed by atoms with Crippen molar-refractivity contribution in [1.82, 2.24) is 25.5 Å². The molecule has 0 bridgehead atoms. The quantitative estimate of drug-likeness (QED) is 0.351. The summed E-state index contributed by atoms with van der Waals surface area (Å²) in [7, 11) is 0. The van der Waals surface area contributed by atoms with E-state index in [1.54, 1.807) is 18.5 Å². The number of nitrogens with zero attached hydrogens (tertiary/aromatic N) is 2. The fourth-order valence-corrected chi connectivity index (χ4v) is 3.14. The van der Waals surface area contributed by atoms with E-state index in [0.717, 1.165) is 12.1 Å². The Balaban J connectivity index is 1.51. The lowest BCUT2D eigenvalue weighted by Crippen LogP contribution is -2.28. The number of fused-ring (bicyclic) bond motifs is 1. The van der Waals surface area contributed by atoms with Gasteiger partial charge in [0.25, 0.3) is 0 Å². The van der Waals surface area contributed by atoms with Crippen molar-refractivity contribution in [2.75, 3.05) is 5.32 Å². The van der Waals surface area contributed by atoms with Gasteiger partial charge in [0.2, 0.25) is 0 Å². The van der Waals surface area contributed by atoms with Crippen molar-refractivity contribution in [3.8, 4) is 11.5 Å². The summed E-state index contributed by atoms with van der Waals surface area (Å²) in [4.78, 5) is 18.9. The second kappa shape index (κ2) is 7.87. The molecule has 11 heteroatoms. The number of hydrogen-bond acceptors (Lipinski definition) is 4. The molecule has 4 rings (SSSR count). The van der Waals surface area contributed by atoms with Crippen LogP contribution >= 0.6 is 15.9 Å². The monoisotopic (exact) mass is 462 g/mol. The smallest absolute Gasteiger partial charge is 0.319 e. The van der Waals surface area contributed by atoms with E-state index in [4.69, 9.17) is 4.74 Å². The number of amides is 2. The van der Waals surface area contributed by atoms with Gasteiger partial charge in [-0.2, -0.15) is 5.10 Å². The van der Waals surface area contributed by atoms with Gasteiger partial charge < -0.3 is 20.4 Å². The predicted octanol–water partition coefficient (Wildman–Crippen LogP) is 4.44. The molecular weight excluding hydrogens is 450 g/mol. The first kappa shape index (κ1) is 18.9. The molecule has 0 aliphatic heterocycles. The van der Waals surface area contributed by atoms with Crippen LogP contribution in [0.1, 0.15) is 5.69 Å². The highest BCUT2D eigenvalue weighted by atomic mass is 79.9. The summed E-state index contributed by atoms with van der Waals surface area (Å²) in [5.74, 6) is -2.30. The van der Waals surface area contributed by atoms with E-state index in [1.807, 2.05) is 0 Å². The van der Waals surface area contributed by atoms with E-state index < -0.39 is 23.4 Å². The fourth-order valence-electron chi connectivity index (χ4n) is 2.65. The SMILES string of the molecule is O=C(NCc1ccn[nH]1)Nc1cc(F)c(Oc2ccnc3[nH]cc(Br)c23)c(F)c1. The number of benzene rings is 1. The molecule has 0 saturated heterocycles. The second-order valence-corrected chi connectivity index (χ2v) is 6.78. The molecule has 0 aliphatic carbocycles. The number of urea groups is 1. The molecule has 0 saturated carbocycles. The highest BCUT2D eigenvalue weighted by Crippen LogP contribution is 2.36. The van der Waals surface area contributed by atoms with Crippen LogP contribution in [0.25, 0.3) is 11.0 Å². The summed E-state index contributed by atoms with van der Waals surface area (Å²) in [6.07, 6.45) is 4.64. The molecule has 4 aromatic rings. The lowest BCUT2D eigenvalue weighted by molar-refractivity contribution is 0.251. The zero-order valence-corrected chi connectivity index (χ0v) is 16.2. The van der Waals surface area contributed by atoms with Crippen LogP contribution in [0.15, 0.2) is 47.3 Å². The van der Waals surface area contributed by atoms with Crippen LogP contribution in [0.2, 0.25) is 0 Å². The van der Waals surface area contributed by atoms with Gasteiger partial charge in [-0.05, 0) is 28.1 Å². The minimum Gasteiger partial charge on any atom is -0.450 e. The van der Waals surface area contributed by atoms with Gasteiger partial charge in [0.15, 0.2) is 17.4 Å². The molecular formula is C18H13BrF2N6O2. The number of carbonyl (C=O) groups excluding carboxylic acids is 1. The summed E-state index contributed by atoms with van der Waals surface area (Å²) in [5.41, 5.74) is 1.13. The number of hydrogen-bond donors (Lipinski definition) is 4. The number of ether oxygens (including phenoxy) is 1. The van der Waals surface area contributed by atoms with Crippen LogP contribution in [-0.4, -0.2) is 26.2 Å². The lowest BCUT2D eigenvalue weighted by atomic mass is 10.2. The van der Waals surface area contributed by atoms with Gasteiger partial charge in [-0.1, -0.05) is 0 Å². The third-order valence-corrected chi connectivity index (χ3v) is 4.58. The van der Waals surface area contributed by atoms with Crippen molar-refractivity contribution < 1.29 is 18.3 Å². The normalized spacial score (nSPS) is 10.9. The highest BCUT2D eigenvalue weighted by molar-refractivity contribution is 9.10. The van der Waals surface area contributed by atoms with Crippen LogP contribution in [0.4, 0.5) is 19.3 Å². The Hall–Kier alpha value is -3.47. The first-order valence-corrected chi connectivity index (χ1v) is 9.12. The average Bonchev–Trinajstić information content (AvgIpc) is 3.33. The first-order valence-electron chi connectivity index (χ1n) is 8.33. The Morgan fingerprint density at radius 2 is 2.00 bits per heavy atom. The molecule has 8 nitrogen and oxygen atoms in total. The average molecular weight is 463 g/mol. The number of H-pyrrole nitrogens is 2. The van der Waals surface area contributed by atoms with Crippen molar-refractivity contribution in [3.63, 3.8) is 0 Å². The molecule has 148 valence electrons. The predicted molar refractivity (Wildman–Crippen MR) is 105 cm³/mol. The van der Waals surface area contributed by atoms with E-state index in [1.165, 1.54) is 12.3 Å². The summed E-state index contributed by atoms with van der Waals surface area (Å²) in [5, 5.41) is 11.9. The van der Waals surface area contributed by atoms with Crippen LogP contribution in [0.3, 0.4) is 0 Å². The molecule has 1 aromatic carbocycles. The number of halogens is 3. The maximum atomic E-state index is 14.5. The van der Waals surface area contributed by atoms with Gasteiger partial charge in [-0.3, -0.25) is 5.10 Å². The van der Waals surface area contributed by atoms with E-state index in [0.29, 0.717) is 21.2 Å². The van der Waals surface area contributed by atoms with Gasteiger partial charge in [-0.25, -0.2) is 18.6 Å². The lowest BCUT2D eigenvalue weighted by Gasteiger charge is -2.12. The Morgan fingerprint density at radius 3 is 2.72 bits per heavy atom. The zero-order valence-electron chi connectivity index (χ0n) is 14.6. The second-order valence-electron chi connectivity index (χ2n) is 5.93. The fraction of sp³-hybridized carbons (Fsp3) is 0.0556. The summed E-state index contributed by atoms with van der Waals surface area (Å²) in [6.45, 7) is 0.182. The molecule has 0 unspecified atom stereocenters. The number of rotatable bonds is 5. The molecule has 0 atom stereocenters. The molecule has 0 aliphatic rings. The molecule has 0 spiro atoms. The minimum absolute atomic E-state index is 0.0582. The topological polar surface area (TPSA) is 108 Å². The van der Waals surface area contributed by atoms with Crippen LogP contribution < -0.4 is 15.4 Å². The Kier molecular flexibility index (Phi) is 5.12. The molecule has 2 amide bonds. The van der Waals surface area contributed by atoms with E-state index in [9.17, 15) is 13.6 Å². The number of nitrogens with one attached hydrogen (secondary N) is 4. The van der Waals surface area contributed by atoms with Crippen LogP contribution in [-0.2, 0) is 6.54 Å². The molecule has 0 radical (unpaired) electrons. The van der Waals surface area contributed by atoms with Gasteiger partial charge in [0.1, 0.15) is 11.4 Å². The van der Waals surface area contributed by atoms with Crippen molar-refractivity contribution >= 4 is 38.7 Å². The number of pyridine rings is 1. The van der Waals surface area contributed by atoms with Gasteiger partial charge in [-0.15, -0.1) is 0 Å². The van der Waals surface area contributed by atoms with E-state index in [-0.39, 0.29) is 18.0 Å².